The van der Waals surface area contributed by atoms with Crippen LogP contribution in [0.1, 0.15) is 23.0 Å². The van der Waals surface area contributed by atoms with E-state index in [4.69, 9.17) is 9.47 Å². The zero-order valence-corrected chi connectivity index (χ0v) is 18.0. The predicted molar refractivity (Wildman–Crippen MR) is 118 cm³/mol. The predicted octanol–water partition coefficient (Wildman–Crippen LogP) is 2.59. The summed E-state index contributed by atoms with van der Waals surface area (Å²) >= 11 is 0. The van der Waals surface area contributed by atoms with Gasteiger partial charge in [0.15, 0.2) is 0 Å². The third kappa shape index (κ3) is 4.44. The van der Waals surface area contributed by atoms with Crippen molar-refractivity contribution in [3.05, 3.63) is 65.9 Å². The van der Waals surface area contributed by atoms with E-state index in [1.165, 1.54) is 18.9 Å². The summed E-state index contributed by atoms with van der Waals surface area (Å²) in [5.74, 6) is -0.277. The minimum Gasteiger partial charge on any atom is -0.489 e. The van der Waals surface area contributed by atoms with Crippen molar-refractivity contribution in [2.75, 3.05) is 26.7 Å². The first kappa shape index (κ1) is 21.4. The number of hydrogen-bond donors (Lipinski definition) is 1. The number of carbonyl (C=O) groups excluding carboxylic acids is 3. The molecule has 166 valence electrons. The Morgan fingerprint density at radius 1 is 1.06 bits per heavy atom. The highest BCUT2D eigenvalue weighted by atomic mass is 16.5. The first-order valence-electron chi connectivity index (χ1n) is 10.4. The molecule has 8 nitrogen and oxygen atoms in total. The Bertz CT molecular complexity index is 1140. The topological polar surface area (TPSA) is 91.9 Å². The minimum absolute atomic E-state index is 0.0892. The Morgan fingerprint density at radius 3 is 2.56 bits per heavy atom. The quantitative estimate of drug-likeness (QED) is 0.622. The Labute approximate surface area is 185 Å². The van der Waals surface area contributed by atoms with Gasteiger partial charge in [-0.2, -0.15) is 0 Å². The van der Waals surface area contributed by atoms with E-state index in [2.05, 4.69) is 4.98 Å². The highest BCUT2D eigenvalue weighted by Crippen LogP contribution is 2.24. The smallest absolute Gasteiger partial charge is 0.330 e. The Morgan fingerprint density at radius 2 is 1.84 bits per heavy atom. The van der Waals surface area contributed by atoms with Crippen molar-refractivity contribution in [3.63, 3.8) is 0 Å². The Hall–Kier alpha value is -3.81. The van der Waals surface area contributed by atoms with Gasteiger partial charge in [-0.1, -0.05) is 30.3 Å². The lowest BCUT2D eigenvalue weighted by molar-refractivity contribution is -0.154. The van der Waals surface area contributed by atoms with Gasteiger partial charge in [0.25, 0.3) is 5.91 Å². The third-order valence-corrected chi connectivity index (χ3v) is 5.62. The van der Waals surface area contributed by atoms with Crippen LogP contribution in [-0.4, -0.2) is 65.4 Å². The average Bonchev–Trinajstić information content (AvgIpc) is 3.25. The van der Waals surface area contributed by atoms with E-state index in [-0.39, 0.29) is 24.9 Å². The number of methoxy groups -OCH3 is 1. The Kier molecular flexibility index (Phi) is 6.11. The first-order valence-corrected chi connectivity index (χ1v) is 10.4. The maximum Gasteiger partial charge on any atom is 0.330 e. The van der Waals surface area contributed by atoms with Gasteiger partial charge in [-0.3, -0.25) is 9.59 Å². The number of esters is 1. The summed E-state index contributed by atoms with van der Waals surface area (Å²) < 4.78 is 10.7. The summed E-state index contributed by atoms with van der Waals surface area (Å²) in [6, 6.07) is 16.5. The molecule has 3 aromatic rings. The molecule has 2 heterocycles. The van der Waals surface area contributed by atoms with Crippen LogP contribution in [0.5, 0.6) is 5.75 Å². The molecule has 1 aromatic heterocycles. The fraction of sp³-hybridized carbons (Fsp3) is 0.292. The van der Waals surface area contributed by atoms with Gasteiger partial charge in [0, 0.05) is 30.9 Å². The number of rotatable bonds is 5. The van der Waals surface area contributed by atoms with Gasteiger partial charge >= 0.3 is 5.97 Å². The molecule has 0 unspecified atom stereocenters. The maximum absolute atomic E-state index is 13.1. The number of aromatic amines is 1. The molecular weight excluding hydrogens is 410 g/mol. The van der Waals surface area contributed by atoms with Crippen LogP contribution >= 0.6 is 0 Å². The van der Waals surface area contributed by atoms with Gasteiger partial charge in [0.2, 0.25) is 5.91 Å². The largest absolute Gasteiger partial charge is 0.489 e. The zero-order valence-electron chi connectivity index (χ0n) is 18.0. The summed E-state index contributed by atoms with van der Waals surface area (Å²) in [6.07, 6.45) is 0. The van der Waals surface area contributed by atoms with Crippen LogP contribution in [0, 0.1) is 0 Å². The molecule has 1 saturated heterocycles. The molecule has 1 aliphatic heterocycles. The molecule has 0 bridgehead atoms. The van der Waals surface area contributed by atoms with Crippen LogP contribution in [-0.2, 0) is 20.9 Å². The number of aromatic nitrogens is 1. The average molecular weight is 435 g/mol. The number of hydrogen-bond acceptors (Lipinski definition) is 5. The highest BCUT2D eigenvalue weighted by molar-refractivity contribution is 5.99. The third-order valence-electron chi connectivity index (χ3n) is 5.62. The van der Waals surface area contributed by atoms with Gasteiger partial charge in [-0.05, 0) is 29.8 Å². The molecule has 2 amide bonds. The van der Waals surface area contributed by atoms with E-state index < -0.39 is 12.0 Å². The van der Waals surface area contributed by atoms with Crippen LogP contribution in [0.15, 0.2) is 54.6 Å². The molecule has 1 fully saturated rings. The molecule has 0 aliphatic carbocycles. The molecule has 4 rings (SSSR count). The molecule has 0 radical (unpaired) electrons. The number of fused-ring (bicyclic) bond motifs is 1. The van der Waals surface area contributed by atoms with Gasteiger partial charge in [-0.25, -0.2) is 4.79 Å². The number of ether oxygens (including phenoxy) is 2. The Balaban J connectivity index is 1.48. The minimum atomic E-state index is -0.808. The van der Waals surface area contributed by atoms with Gasteiger partial charge in [-0.15, -0.1) is 0 Å². The molecule has 8 heteroatoms. The monoisotopic (exact) mass is 435 g/mol. The fourth-order valence-corrected chi connectivity index (χ4v) is 3.91. The summed E-state index contributed by atoms with van der Waals surface area (Å²) in [4.78, 5) is 43.3. The van der Waals surface area contributed by atoms with Gasteiger partial charge in [0.05, 0.1) is 13.7 Å². The van der Waals surface area contributed by atoms with Crippen LogP contribution in [0.2, 0.25) is 0 Å². The fourth-order valence-electron chi connectivity index (χ4n) is 3.91. The van der Waals surface area contributed by atoms with E-state index in [9.17, 15) is 14.4 Å². The lowest BCUT2D eigenvalue weighted by Gasteiger charge is -2.39. The number of nitrogens with one attached hydrogen (secondary N) is 1. The van der Waals surface area contributed by atoms with Crippen molar-refractivity contribution in [2.24, 2.45) is 0 Å². The van der Waals surface area contributed by atoms with E-state index in [0.29, 0.717) is 24.6 Å². The first-order chi connectivity index (χ1) is 15.5. The molecule has 1 N–H and O–H groups in total. The van der Waals surface area contributed by atoms with Crippen molar-refractivity contribution in [1.82, 2.24) is 14.8 Å². The summed E-state index contributed by atoms with van der Waals surface area (Å²) in [5.41, 5.74) is 2.30. The second-order valence-corrected chi connectivity index (χ2v) is 7.71. The maximum atomic E-state index is 13.1. The van der Waals surface area contributed by atoms with E-state index in [1.807, 2.05) is 48.5 Å². The van der Waals surface area contributed by atoms with Crippen LogP contribution in [0.25, 0.3) is 10.9 Å². The van der Waals surface area contributed by atoms with Crippen LogP contribution in [0.4, 0.5) is 0 Å². The lowest BCUT2D eigenvalue weighted by Crippen LogP contribution is -2.59. The lowest BCUT2D eigenvalue weighted by atomic mass is 10.1. The molecule has 0 saturated carbocycles. The molecule has 1 atom stereocenters. The number of carbonyl (C=O) groups is 3. The number of H-pyrrole nitrogens is 1. The second kappa shape index (κ2) is 9.13. The van der Waals surface area contributed by atoms with Crippen molar-refractivity contribution in [2.45, 2.75) is 19.6 Å². The standard InChI is InChI=1S/C24H25N3O5/c1-16(28)27-11-10-26(14-22(27)24(30)31-2)23(29)21-13-18-12-19(8-9-20(18)25-21)32-15-17-6-4-3-5-7-17/h3-9,12-13,22,25H,10-11,14-15H2,1-2H3/t22-/m1/s1. The molecular formula is C24H25N3O5. The van der Waals surface area contributed by atoms with E-state index in [0.717, 1.165) is 16.5 Å². The number of nitrogens with zero attached hydrogens (tertiary/aromatic N) is 2. The number of benzene rings is 2. The molecule has 2 aromatic carbocycles. The second-order valence-electron chi connectivity index (χ2n) is 7.71. The van der Waals surface area contributed by atoms with Crippen molar-refractivity contribution < 1.29 is 23.9 Å². The van der Waals surface area contributed by atoms with Gasteiger partial charge in [0.1, 0.15) is 24.1 Å². The highest BCUT2D eigenvalue weighted by Gasteiger charge is 2.36. The number of amides is 2. The SMILES string of the molecule is COC(=O)[C@H]1CN(C(=O)c2cc3cc(OCc4ccccc4)ccc3[nH]2)CCN1C(C)=O. The van der Waals surface area contributed by atoms with E-state index >= 15 is 0 Å². The van der Waals surface area contributed by atoms with Gasteiger partial charge < -0.3 is 24.3 Å². The van der Waals surface area contributed by atoms with Crippen LogP contribution < -0.4 is 4.74 Å². The summed E-state index contributed by atoms with van der Waals surface area (Å²) in [5, 5.41) is 0.853. The normalized spacial score (nSPS) is 16.1. The zero-order chi connectivity index (χ0) is 22.7. The van der Waals surface area contributed by atoms with Crippen molar-refractivity contribution in [1.29, 1.82) is 0 Å². The van der Waals surface area contributed by atoms with Crippen molar-refractivity contribution >= 4 is 28.7 Å². The van der Waals surface area contributed by atoms with E-state index in [1.54, 1.807) is 11.0 Å². The summed E-state index contributed by atoms with van der Waals surface area (Å²) in [6.45, 7) is 2.57. The molecule has 1 aliphatic rings. The molecule has 0 spiro atoms. The summed E-state index contributed by atoms with van der Waals surface area (Å²) in [7, 11) is 1.27. The van der Waals surface area contributed by atoms with Crippen molar-refractivity contribution in [3.8, 4) is 5.75 Å². The molecule has 32 heavy (non-hydrogen) atoms. The van der Waals surface area contributed by atoms with Crippen LogP contribution in [0.3, 0.4) is 0 Å². The number of piperazine rings is 1.